The molecule has 2 heterocycles. The SMILES string of the molecule is Cc1ccc(C)c(OCCc2nnc(NC(=O)C(C)n3ccnc3C(C)C)s2)c1. The predicted molar refractivity (Wildman–Crippen MR) is 115 cm³/mol. The second-order valence-corrected chi connectivity index (χ2v) is 8.44. The summed E-state index contributed by atoms with van der Waals surface area (Å²) >= 11 is 1.37. The van der Waals surface area contributed by atoms with E-state index in [0.717, 1.165) is 22.1 Å². The number of carbonyl (C=O) groups excluding carboxylic acids is 1. The smallest absolute Gasteiger partial charge is 0.249 e. The fourth-order valence-electron chi connectivity index (χ4n) is 2.95. The number of nitrogens with one attached hydrogen (secondary N) is 1. The topological polar surface area (TPSA) is 81.9 Å². The van der Waals surface area contributed by atoms with Crippen molar-refractivity contribution in [3.63, 3.8) is 0 Å². The number of nitrogens with zero attached hydrogens (tertiary/aromatic N) is 4. The molecule has 1 amide bonds. The normalized spacial score (nSPS) is 12.2. The van der Waals surface area contributed by atoms with Gasteiger partial charge in [-0.3, -0.25) is 10.1 Å². The monoisotopic (exact) mass is 413 g/mol. The van der Waals surface area contributed by atoms with Crippen molar-refractivity contribution >= 4 is 22.4 Å². The Balaban J connectivity index is 1.55. The molecule has 0 radical (unpaired) electrons. The van der Waals surface area contributed by atoms with E-state index in [1.54, 1.807) is 6.20 Å². The molecule has 29 heavy (non-hydrogen) atoms. The van der Waals surface area contributed by atoms with E-state index in [-0.39, 0.29) is 17.9 Å². The highest BCUT2D eigenvalue weighted by Crippen LogP contribution is 2.22. The molecule has 1 atom stereocenters. The van der Waals surface area contributed by atoms with Gasteiger partial charge in [-0.25, -0.2) is 4.98 Å². The van der Waals surface area contributed by atoms with Crippen LogP contribution in [-0.4, -0.2) is 32.3 Å². The number of imidazole rings is 1. The van der Waals surface area contributed by atoms with Crippen molar-refractivity contribution in [1.82, 2.24) is 19.7 Å². The van der Waals surface area contributed by atoms with Crippen LogP contribution in [-0.2, 0) is 11.2 Å². The molecule has 0 aliphatic carbocycles. The highest BCUT2D eigenvalue weighted by molar-refractivity contribution is 7.15. The van der Waals surface area contributed by atoms with Gasteiger partial charge in [0.25, 0.3) is 0 Å². The predicted octanol–water partition coefficient (Wildman–Crippen LogP) is 4.30. The molecule has 0 aliphatic heterocycles. The summed E-state index contributed by atoms with van der Waals surface area (Å²) in [5.74, 6) is 1.87. The molecule has 1 aromatic carbocycles. The zero-order valence-corrected chi connectivity index (χ0v) is 18.3. The summed E-state index contributed by atoms with van der Waals surface area (Å²) in [6.07, 6.45) is 4.18. The molecule has 0 bridgehead atoms. The minimum Gasteiger partial charge on any atom is -0.493 e. The van der Waals surface area contributed by atoms with E-state index in [1.165, 1.54) is 16.9 Å². The third kappa shape index (κ3) is 5.20. The van der Waals surface area contributed by atoms with E-state index in [9.17, 15) is 4.79 Å². The van der Waals surface area contributed by atoms with Crippen molar-refractivity contribution in [2.45, 2.75) is 53.0 Å². The Morgan fingerprint density at radius 3 is 2.79 bits per heavy atom. The number of aryl methyl sites for hydroxylation is 2. The molecule has 1 unspecified atom stereocenters. The van der Waals surface area contributed by atoms with Crippen LogP contribution in [0.1, 0.15) is 54.7 Å². The largest absolute Gasteiger partial charge is 0.493 e. The molecule has 0 fully saturated rings. The van der Waals surface area contributed by atoms with E-state index in [2.05, 4.69) is 46.5 Å². The van der Waals surface area contributed by atoms with Gasteiger partial charge in [0.1, 0.15) is 22.6 Å². The third-order valence-corrected chi connectivity index (χ3v) is 5.52. The maximum atomic E-state index is 12.6. The van der Waals surface area contributed by atoms with Crippen LogP contribution in [0, 0.1) is 13.8 Å². The Labute approximate surface area is 175 Å². The average molecular weight is 414 g/mol. The second-order valence-electron chi connectivity index (χ2n) is 7.38. The van der Waals surface area contributed by atoms with E-state index in [4.69, 9.17) is 4.74 Å². The van der Waals surface area contributed by atoms with Crippen LogP contribution in [0.2, 0.25) is 0 Å². The molecule has 8 heteroatoms. The second kappa shape index (κ2) is 9.17. The van der Waals surface area contributed by atoms with E-state index in [1.807, 2.05) is 37.6 Å². The van der Waals surface area contributed by atoms with Crippen molar-refractivity contribution in [1.29, 1.82) is 0 Å². The first-order chi connectivity index (χ1) is 13.8. The van der Waals surface area contributed by atoms with Crippen LogP contribution in [0.3, 0.4) is 0 Å². The molecule has 0 saturated carbocycles. The average Bonchev–Trinajstić information content (AvgIpc) is 3.33. The summed E-state index contributed by atoms with van der Waals surface area (Å²) in [6.45, 7) is 10.5. The van der Waals surface area contributed by atoms with Gasteiger partial charge in [-0.2, -0.15) is 0 Å². The number of hydrogen-bond acceptors (Lipinski definition) is 6. The summed E-state index contributed by atoms with van der Waals surface area (Å²) in [4.78, 5) is 17.0. The molecular formula is C21H27N5O2S. The quantitative estimate of drug-likeness (QED) is 0.595. The van der Waals surface area contributed by atoms with Gasteiger partial charge in [0, 0.05) is 24.7 Å². The van der Waals surface area contributed by atoms with Gasteiger partial charge >= 0.3 is 0 Å². The van der Waals surface area contributed by atoms with Crippen LogP contribution < -0.4 is 10.1 Å². The van der Waals surface area contributed by atoms with Crippen molar-refractivity contribution in [2.24, 2.45) is 0 Å². The lowest BCUT2D eigenvalue weighted by molar-refractivity contribution is -0.118. The highest BCUT2D eigenvalue weighted by Gasteiger charge is 2.20. The highest BCUT2D eigenvalue weighted by atomic mass is 32.1. The summed E-state index contributed by atoms with van der Waals surface area (Å²) in [5.41, 5.74) is 2.27. The first-order valence-corrected chi connectivity index (χ1v) is 10.5. The number of rotatable bonds is 8. The number of benzene rings is 1. The van der Waals surface area contributed by atoms with Gasteiger partial charge in [-0.15, -0.1) is 10.2 Å². The first-order valence-electron chi connectivity index (χ1n) is 9.71. The van der Waals surface area contributed by atoms with Crippen molar-refractivity contribution in [3.8, 4) is 5.75 Å². The van der Waals surface area contributed by atoms with E-state index >= 15 is 0 Å². The Morgan fingerprint density at radius 1 is 1.24 bits per heavy atom. The molecule has 7 nitrogen and oxygen atoms in total. The van der Waals surface area contributed by atoms with Gasteiger partial charge in [0.05, 0.1) is 6.61 Å². The Hall–Kier alpha value is -2.74. The molecule has 0 saturated heterocycles. The van der Waals surface area contributed by atoms with Crippen LogP contribution in [0.5, 0.6) is 5.75 Å². The number of aromatic nitrogens is 4. The van der Waals surface area contributed by atoms with Crippen LogP contribution in [0.25, 0.3) is 0 Å². The molecular weight excluding hydrogens is 386 g/mol. The summed E-state index contributed by atoms with van der Waals surface area (Å²) < 4.78 is 7.76. The minimum atomic E-state index is -0.380. The Morgan fingerprint density at radius 2 is 2.03 bits per heavy atom. The lowest BCUT2D eigenvalue weighted by Crippen LogP contribution is -2.24. The van der Waals surface area contributed by atoms with Crippen molar-refractivity contribution in [2.75, 3.05) is 11.9 Å². The Bertz CT molecular complexity index is 979. The van der Waals surface area contributed by atoms with Crippen LogP contribution in [0.15, 0.2) is 30.6 Å². The summed E-state index contributed by atoms with van der Waals surface area (Å²) in [7, 11) is 0. The van der Waals surface area contributed by atoms with Gasteiger partial charge in [0.2, 0.25) is 11.0 Å². The van der Waals surface area contributed by atoms with Crippen LogP contribution in [0.4, 0.5) is 5.13 Å². The first kappa shape index (κ1) is 21.0. The molecule has 0 spiro atoms. The van der Waals surface area contributed by atoms with Crippen molar-refractivity contribution in [3.05, 3.63) is 52.6 Å². The zero-order valence-electron chi connectivity index (χ0n) is 17.5. The summed E-state index contributed by atoms with van der Waals surface area (Å²) in [6, 6.07) is 5.77. The number of carbonyl (C=O) groups is 1. The van der Waals surface area contributed by atoms with Gasteiger partial charge in [-0.05, 0) is 38.0 Å². The molecule has 0 aliphatic rings. The van der Waals surface area contributed by atoms with Crippen molar-refractivity contribution < 1.29 is 9.53 Å². The minimum absolute atomic E-state index is 0.140. The van der Waals surface area contributed by atoms with Crippen LogP contribution >= 0.6 is 11.3 Å². The standard InChI is InChI=1S/C21H27N5O2S/c1-13(2)19-22-9-10-26(19)16(5)20(27)23-21-25-24-18(29-21)8-11-28-17-12-14(3)6-7-15(17)4/h6-7,9-10,12-13,16H,8,11H2,1-5H3,(H,23,25,27). The lowest BCUT2D eigenvalue weighted by atomic mass is 10.1. The summed E-state index contributed by atoms with van der Waals surface area (Å²) in [5, 5.41) is 12.4. The maximum absolute atomic E-state index is 12.6. The molecule has 3 rings (SSSR count). The fourth-order valence-corrected chi connectivity index (χ4v) is 3.68. The lowest BCUT2D eigenvalue weighted by Gasteiger charge is -2.16. The molecule has 154 valence electrons. The van der Waals surface area contributed by atoms with Gasteiger partial charge < -0.3 is 9.30 Å². The zero-order chi connectivity index (χ0) is 21.0. The van der Waals surface area contributed by atoms with Gasteiger partial charge in [-0.1, -0.05) is 37.3 Å². The third-order valence-electron chi connectivity index (χ3n) is 4.63. The number of anilines is 1. The molecule has 3 aromatic rings. The molecule has 2 aromatic heterocycles. The maximum Gasteiger partial charge on any atom is 0.249 e. The molecule has 1 N–H and O–H groups in total. The Kier molecular flexibility index (Phi) is 6.64. The number of ether oxygens (including phenoxy) is 1. The number of hydrogen-bond donors (Lipinski definition) is 1. The fraction of sp³-hybridized carbons (Fsp3) is 0.429. The number of amides is 1. The van der Waals surface area contributed by atoms with E-state index < -0.39 is 0 Å². The van der Waals surface area contributed by atoms with Gasteiger partial charge in [0.15, 0.2) is 0 Å². The van der Waals surface area contributed by atoms with E-state index in [0.29, 0.717) is 18.2 Å².